The van der Waals surface area contributed by atoms with E-state index in [1.54, 1.807) is 12.5 Å². The van der Waals surface area contributed by atoms with Crippen molar-refractivity contribution in [3.8, 4) is 0 Å². The maximum Gasteiger partial charge on any atom is 0.122 e. The van der Waals surface area contributed by atoms with E-state index in [0.29, 0.717) is 0 Å². The van der Waals surface area contributed by atoms with Crippen molar-refractivity contribution in [1.82, 2.24) is 14.5 Å². The standard InChI is InChI=1S/C15H17N3O2/c1-17-7-6-16-15(17)12-18(10-13-4-2-8-19-13)11-14-5-3-9-20-14/h2-9H,10-12H2,1H3. The van der Waals surface area contributed by atoms with E-state index in [1.807, 2.05) is 48.3 Å². The second-order valence-corrected chi connectivity index (χ2v) is 4.76. The van der Waals surface area contributed by atoms with Crippen LogP contribution < -0.4 is 0 Å². The number of imidazole rings is 1. The van der Waals surface area contributed by atoms with Crippen LogP contribution in [0.15, 0.2) is 58.0 Å². The number of furan rings is 2. The van der Waals surface area contributed by atoms with Crippen molar-refractivity contribution in [3.05, 3.63) is 66.5 Å². The van der Waals surface area contributed by atoms with Gasteiger partial charge >= 0.3 is 0 Å². The van der Waals surface area contributed by atoms with Crippen LogP contribution >= 0.6 is 0 Å². The zero-order chi connectivity index (χ0) is 13.8. The van der Waals surface area contributed by atoms with Crippen LogP contribution in [0.5, 0.6) is 0 Å². The molecule has 5 nitrogen and oxygen atoms in total. The first-order valence-electron chi connectivity index (χ1n) is 6.54. The van der Waals surface area contributed by atoms with Gasteiger partial charge in [0.15, 0.2) is 0 Å². The zero-order valence-electron chi connectivity index (χ0n) is 11.4. The van der Waals surface area contributed by atoms with E-state index >= 15 is 0 Å². The molecule has 0 fully saturated rings. The van der Waals surface area contributed by atoms with Crippen LogP contribution in [0.4, 0.5) is 0 Å². The molecule has 0 spiro atoms. The fourth-order valence-electron chi connectivity index (χ4n) is 2.16. The summed E-state index contributed by atoms with van der Waals surface area (Å²) in [7, 11) is 2.00. The van der Waals surface area contributed by atoms with Crippen molar-refractivity contribution < 1.29 is 8.83 Å². The SMILES string of the molecule is Cn1ccnc1CN(Cc1ccco1)Cc1ccco1. The molecule has 0 aliphatic heterocycles. The third-order valence-corrected chi connectivity index (χ3v) is 3.21. The van der Waals surface area contributed by atoms with Gasteiger partial charge in [0.25, 0.3) is 0 Å². The molecule has 0 saturated heterocycles. The van der Waals surface area contributed by atoms with Gasteiger partial charge in [-0.05, 0) is 24.3 Å². The molecule has 3 aromatic heterocycles. The Morgan fingerprint density at radius 3 is 2.15 bits per heavy atom. The Labute approximate surface area is 117 Å². The maximum absolute atomic E-state index is 5.43. The Kier molecular flexibility index (Phi) is 3.69. The summed E-state index contributed by atoms with van der Waals surface area (Å²) in [5, 5.41) is 0. The van der Waals surface area contributed by atoms with Gasteiger partial charge in [-0.1, -0.05) is 0 Å². The number of rotatable bonds is 6. The third-order valence-electron chi connectivity index (χ3n) is 3.21. The van der Waals surface area contributed by atoms with E-state index in [9.17, 15) is 0 Å². The Balaban J connectivity index is 1.74. The van der Waals surface area contributed by atoms with Gasteiger partial charge in [-0.25, -0.2) is 4.98 Å². The van der Waals surface area contributed by atoms with Crippen molar-refractivity contribution in [2.45, 2.75) is 19.6 Å². The van der Waals surface area contributed by atoms with Gasteiger partial charge in [0.1, 0.15) is 17.3 Å². The normalized spacial score (nSPS) is 11.3. The van der Waals surface area contributed by atoms with E-state index in [1.165, 1.54) is 0 Å². The molecule has 20 heavy (non-hydrogen) atoms. The quantitative estimate of drug-likeness (QED) is 0.691. The first kappa shape index (κ1) is 12.7. The lowest BCUT2D eigenvalue weighted by molar-refractivity contribution is 0.203. The molecule has 0 aliphatic carbocycles. The minimum atomic E-state index is 0.723. The third kappa shape index (κ3) is 3.00. The van der Waals surface area contributed by atoms with Crippen molar-refractivity contribution in [3.63, 3.8) is 0 Å². The molecule has 3 heterocycles. The second-order valence-electron chi connectivity index (χ2n) is 4.76. The van der Waals surface area contributed by atoms with Crippen LogP contribution in [0.1, 0.15) is 17.3 Å². The van der Waals surface area contributed by atoms with Crippen LogP contribution in [-0.2, 0) is 26.7 Å². The summed E-state index contributed by atoms with van der Waals surface area (Å²) >= 11 is 0. The molecular formula is C15H17N3O2. The van der Waals surface area contributed by atoms with Crippen LogP contribution in [0.2, 0.25) is 0 Å². The molecule has 0 bridgehead atoms. The summed E-state index contributed by atoms with van der Waals surface area (Å²) in [6, 6.07) is 7.77. The maximum atomic E-state index is 5.43. The molecule has 3 rings (SSSR count). The number of hydrogen-bond donors (Lipinski definition) is 0. The van der Waals surface area contributed by atoms with E-state index in [2.05, 4.69) is 9.88 Å². The van der Waals surface area contributed by atoms with E-state index in [4.69, 9.17) is 8.83 Å². The molecular weight excluding hydrogens is 254 g/mol. The Morgan fingerprint density at radius 1 is 1.05 bits per heavy atom. The smallest absolute Gasteiger partial charge is 0.122 e. The predicted octanol–water partition coefficient (Wildman–Crippen LogP) is 2.81. The number of aryl methyl sites for hydroxylation is 1. The van der Waals surface area contributed by atoms with Crippen molar-refractivity contribution >= 4 is 0 Å². The molecule has 0 N–H and O–H groups in total. The summed E-state index contributed by atoms with van der Waals surface area (Å²) in [5.74, 6) is 2.89. The molecule has 0 amide bonds. The number of aromatic nitrogens is 2. The van der Waals surface area contributed by atoms with Crippen LogP contribution in [0, 0.1) is 0 Å². The second kappa shape index (κ2) is 5.79. The fourth-order valence-corrected chi connectivity index (χ4v) is 2.16. The summed E-state index contributed by atoms with van der Waals surface area (Å²) in [5.41, 5.74) is 0. The molecule has 3 aromatic rings. The van der Waals surface area contributed by atoms with Crippen molar-refractivity contribution in [1.29, 1.82) is 0 Å². The van der Waals surface area contributed by atoms with E-state index < -0.39 is 0 Å². The molecule has 0 atom stereocenters. The number of nitrogens with zero attached hydrogens (tertiary/aromatic N) is 3. The lowest BCUT2D eigenvalue weighted by Crippen LogP contribution is -2.23. The van der Waals surface area contributed by atoms with Crippen LogP contribution in [-0.4, -0.2) is 14.5 Å². The summed E-state index contributed by atoms with van der Waals surface area (Å²) in [4.78, 5) is 6.61. The Hall–Kier alpha value is -2.27. The lowest BCUT2D eigenvalue weighted by atomic mass is 10.3. The Morgan fingerprint density at radius 2 is 1.70 bits per heavy atom. The van der Waals surface area contributed by atoms with Crippen LogP contribution in [0.25, 0.3) is 0 Å². The van der Waals surface area contributed by atoms with Gasteiger partial charge in [-0.3, -0.25) is 4.90 Å². The number of hydrogen-bond acceptors (Lipinski definition) is 4. The molecule has 0 saturated carbocycles. The first-order valence-corrected chi connectivity index (χ1v) is 6.54. The molecule has 5 heteroatoms. The highest BCUT2D eigenvalue weighted by molar-refractivity contribution is 5.02. The van der Waals surface area contributed by atoms with Crippen molar-refractivity contribution in [2.75, 3.05) is 0 Å². The minimum absolute atomic E-state index is 0.723. The van der Waals surface area contributed by atoms with Crippen LogP contribution in [0.3, 0.4) is 0 Å². The van der Waals surface area contributed by atoms with E-state index in [0.717, 1.165) is 37.0 Å². The molecule has 0 aromatic carbocycles. The zero-order valence-corrected chi connectivity index (χ0v) is 11.4. The minimum Gasteiger partial charge on any atom is -0.468 e. The van der Waals surface area contributed by atoms with Gasteiger partial charge in [0.05, 0.1) is 32.2 Å². The van der Waals surface area contributed by atoms with Gasteiger partial charge in [-0.15, -0.1) is 0 Å². The highest BCUT2D eigenvalue weighted by atomic mass is 16.3. The predicted molar refractivity (Wildman–Crippen MR) is 73.6 cm³/mol. The molecule has 0 aliphatic rings. The fraction of sp³-hybridized carbons (Fsp3) is 0.267. The van der Waals surface area contributed by atoms with Gasteiger partial charge in [0.2, 0.25) is 0 Å². The first-order chi connectivity index (χ1) is 9.81. The van der Waals surface area contributed by atoms with E-state index in [-0.39, 0.29) is 0 Å². The van der Waals surface area contributed by atoms with Gasteiger partial charge < -0.3 is 13.4 Å². The average molecular weight is 271 g/mol. The molecule has 0 radical (unpaired) electrons. The largest absolute Gasteiger partial charge is 0.468 e. The monoisotopic (exact) mass is 271 g/mol. The summed E-state index contributed by atoms with van der Waals surface area (Å²) in [6.07, 6.45) is 7.16. The molecule has 0 unspecified atom stereocenters. The average Bonchev–Trinajstić information content (AvgIpc) is 3.15. The highest BCUT2D eigenvalue weighted by Crippen LogP contribution is 2.13. The summed E-state index contributed by atoms with van der Waals surface area (Å²) < 4.78 is 12.9. The topological polar surface area (TPSA) is 47.3 Å². The van der Waals surface area contributed by atoms with Gasteiger partial charge in [0, 0.05) is 19.4 Å². The Bertz CT molecular complexity index is 590. The highest BCUT2D eigenvalue weighted by Gasteiger charge is 2.13. The van der Waals surface area contributed by atoms with Crippen molar-refractivity contribution in [2.24, 2.45) is 7.05 Å². The molecule has 104 valence electrons. The summed E-state index contributed by atoms with van der Waals surface area (Å²) in [6.45, 7) is 2.19. The lowest BCUT2D eigenvalue weighted by Gasteiger charge is -2.19. The van der Waals surface area contributed by atoms with Gasteiger partial charge in [-0.2, -0.15) is 0 Å².